The van der Waals surface area contributed by atoms with Gasteiger partial charge in [-0.05, 0) is 45.9 Å². The number of carbonyl (C=O) groups is 2. The third kappa shape index (κ3) is 6.08. The van der Waals surface area contributed by atoms with E-state index in [0.29, 0.717) is 24.3 Å². The molecule has 2 aromatic carbocycles. The number of halogens is 1. The summed E-state index contributed by atoms with van der Waals surface area (Å²) in [5.74, 6) is -0.707. The van der Waals surface area contributed by atoms with Crippen LogP contribution in [0.15, 0.2) is 60.9 Å². The zero-order valence-corrected chi connectivity index (χ0v) is 18.3. The number of esters is 1. The van der Waals surface area contributed by atoms with Crippen LogP contribution < -0.4 is 5.73 Å². The average molecular weight is 435 g/mol. The van der Waals surface area contributed by atoms with Crippen LogP contribution in [-0.2, 0) is 28.9 Å². The molecular formula is C26H27FN2O3. The quantitative estimate of drug-likeness (QED) is 0.396. The van der Waals surface area contributed by atoms with Gasteiger partial charge in [0.25, 0.3) is 0 Å². The first-order valence-corrected chi connectivity index (χ1v) is 10.6. The van der Waals surface area contributed by atoms with Crippen LogP contribution in [0.25, 0.3) is 11.1 Å². The Kier molecular flexibility index (Phi) is 7.84. The van der Waals surface area contributed by atoms with Gasteiger partial charge < -0.3 is 10.5 Å². The zero-order chi connectivity index (χ0) is 23.1. The fourth-order valence-electron chi connectivity index (χ4n) is 3.35. The van der Waals surface area contributed by atoms with E-state index in [2.05, 4.69) is 4.98 Å². The lowest BCUT2D eigenvalue weighted by atomic mass is 9.93. The molecule has 0 aliphatic heterocycles. The van der Waals surface area contributed by atoms with Crippen molar-refractivity contribution in [3.63, 3.8) is 0 Å². The van der Waals surface area contributed by atoms with Gasteiger partial charge in [-0.1, -0.05) is 50.2 Å². The number of Topliss-reactive ketones (excluding diaryl/α,β-unsaturated/α-hetero) is 1. The van der Waals surface area contributed by atoms with Crippen molar-refractivity contribution in [3.05, 3.63) is 89.0 Å². The van der Waals surface area contributed by atoms with Gasteiger partial charge >= 0.3 is 5.97 Å². The van der Waals surface area contributed by atoms with E-state index in [-0.39, 0.29) is 30.5 Å². The van der Waals surface area contributed by atoms with Crippen molar-refractivity contribution in [1.82, 2.24) is 4.98 Å². The van der Waals surface area contributed by atoms with E-state index < -0.39 is 5.82 Å². The maximum absolute atomic E-state index is 13.9. The van der Waals surface area contributed by atoms with Crippen LogP contribution >= 0.6 is 0 Å². The lowest BCUT2D eigenvalue weighted by Gasteiger charge is -2.12. The average Bonchev–Trinajstić information content (AvgIpc) is 2.79. The number of carbonyl (C=O) groups excluding carboxylic acids is 2. The van der Waals surface area contributed by atoms with Gasteiger partial charge in [-0.2, -0.15) is 0 Å². The summed E-state index contributed by atoms with van der Waals surface area (Å²) in [6.45, 7) is 4.65. The first-order chi connectivity index (χ1) is 15.4. The summed E-state index contributed by atoms with van der Waals surface area (Å²) < 4.78 is 19.2. The number of aromatic nitrogens is 1. The van der Waals surface area contributed by atoms with Gasteiger partial charge in [0.05, 0.1) is 19.2 Å². The normalized spacial score (nSPS) is 10.9. The van der Waals surface area contributed by atoms with Crippen molar-refractivity contribution in [2.24, 2.45) is 11.7 Å². The molecule has 0 amide bonds. The molecule has 6 heteroatoms. The van der Waals surface area contributed by atoms with E-state index in [1.807, 2.05) is 44.2 Å². The molecular weight excluding hydrogens is 407 g/mol. The van der Waals surface area contributed by atoms with Crippen molar-refractivity contribution in [3.8, 4) is 11.1 Å². The second-order valence-electron chi connectivity index (χ2n) is 8.10. The highest BCUT2D eigenvalue weighted by Crippen LogP contribution is 2.27. The van der Waals surface area contributed by atoms with Crippen LogP contribution in [0.1, 0.15) is 40.9 Å². The summed E-state index contributed by atoms with van der Waals surface area (Å²) in [6, 6.07) is 14.3. The predicted molar refractivity (Wildman–Crippen MR) is 121 cm³/mol. The van der Waals surface area contributed by atoms with Crippen LogP contribution in [0.2, 0.25) is 0 Å². The zero-order valence-electron chi connectivity index (χ0n) is 18.3. The number of ether oxygens (including phenoxy) is 1. The smallest absolute Gasteiger partial charge is 0.310 e. The maximum atomic E-state index is 13.9. The van der Waals surface area contributed by atoms with Gasteiger partial charge in [0.15, 0.2) is 5.78 Å². The molecule has 2 N–H and O–H groups in total. The van der Waals surface area contributed by atoms with E-state index in [0.717, 1.165) is 28.5 Å². The largest absolute Gasteiger partial charge is 0.465 e. The molecule has 166 valence electrons. The minimum Gasteiger partial charge on any atom is -0.465 e. The van der Waals surface area contributed by atoms with E-state index in [1.54, 1.807) is 12.1 Å². The molecule has 1 aromatic heterocycles. The van der Waals surface area contributed by atoms with Crippen molar-refractivity contribution in [1.29, 1.82) is 0 Å². The third-order valence-electron chi connectivity index (χ3n) is 5.02. The Bertz CT molecular complexity index is 1110. The van der Waals surface area contributed by atoms with Gasteiger partial charge in [-0.3, -0.25) is 14.6 Å². The first kappa shape index (κ1) is 23.3. The summed E-state index contributed by atoms with van der Waals surface area (Å²) in [5.41, 5.74) is 10.0. The Morgan fingerprint density at radius 1 is 1.06 bits per heavy atom. The van der Waals surface area contributed by atoms with E-state index in [1.165, 1.54) is 12.3 Å². The highest BCUT2D eigenvalue weighted by atomic mass is 19.1. The first-order valence-electron chi connectivity index (χ1n) is 10.6. The lowest BCUT2D eigenvalue weighted by Crippen LogP contribution is -2.12. The van der Waals surface area contributed by atoms with E-state index in [4.69, 9.17) is 10.5 Å². The molecule has 3 aromatic rings. The van der Waals surface area contributed by atoms with Crippen molar-refractivity contribution >= 4 is 11.8 Å². The molecule has 0 radical (unpaired) electrons. The SMILES string of the molecule is CC(C)COC(=O)Cc1cccc(-c2cc(C(=O)Cc3ccncc3F)ccc2CN)c1. The number of nitrogens with two attached hydrogens (primary N) is 1. The van der Waals surface area contributed by atoms with Crippen LogP contribution in [0, 0.1) is 11.7 Å². The number of rotatable bonds is 9. The summed E-state index contributed by atoms with van der Waals surface area (Å²) in [4.78, 5) is 28.6. The maximum Gasteiger partial charge on any atom is 0.310 e. The van der Waals surface area contributed by atoms with E-state index in [9.17, 15) is 14.0 Å². The van der Waals surface area contributed by atoms with Gasteiger partial charge in [0.1, 0.15) is 5.82 Å². The Hall–Kier alpha value is -3.38. The second kappa shape index (κ2) is 10.8. The molecule has 0 saturated heterocycles. The highest BCUT2D eigenvalue weighted by Gasteiger charge is 2.14. The van der Waals surface area contributed by atoms with Crippen molar-refractivity contribution in [2.75, 3.05) is 6.61 Å². The molecule has 0 aliphatic rings. The summed E-state index contributed by atoms with van der Waals surface area (Å²) >= 11 is 0. The standard InChI is InChI=1S/C26H27FN2O3/c1-17(2)16-32-26(31)11-18-4-3-5-19(10-18)23-12-21(6-7-22(23)14-28)25(30)13-20-8-9-29-15-24(20)27/h3-10,12,15,17H,11,13-14,16,28H2,1-2H3. The Morgan fingerprint density at radius 2 is 1.88 bits per heavy atom. The Labute approximate surface area is 187 Å². The summed E-state index contributed by atoms with van der Waals surface area (Å²) in [6.07, 6.45) is 2.67. The third-order valence-corrected chi connectivity index (χ3v) is 5.02. The Morgan fingerprint density at radius 3 is 2.59 bits per heavy atom. The molecule has 0 fully saturated rings. The molecule has 0 saturated carbocycles. The number of ketones is 1. The van der Waals surface area contributed by atoms with Gasteiger partial charge in [-0.25, -0.2) is 4.39 Å². The van der Waals surface area contributed by atoms with Crippen LogP contribution in [0.3, 0.4) is 0 Å². The van der Waals surface area contributed by atoms with Gasteiger partial charge in [0.2, 0.25) is 0 Å². The molecule has 0 spiro atoms. The van der Waals surface area contributed by atoms with Gasteiger partial charge in [0, 0.05) is 24.7 Å². The minimum atomic E-state index is -0.503. The molecule has 0 atom stereocenters. The number of nitrogens with zero attached hydrogens (tertiary/aromatic N) is 1. The van der Waals surface area contributed by atoms with E-state index >= 15 is 0 Å². The minimum absolute atomic E-state index is 0.0580. The summed E-state index contributed by atoms with van der Waals surface area (Å²) in [5, 5.41) is 0. The number of hydrogen-bond donors (Lipinski definition) is 1. The predicted octanol–water partition coefficient (Wildman–Crippen LogP) is 4.51. The molecule has 0 aliphatic carbocycles. The van der Waals surface area contributed by atoms with Gasteiger partial charge in [-0.15, -0.1) is 0 Å². The summed E-state index contributed by atoms with van der Waals surface area (Å²) in [7, 11) is 0. The molecule has 0 bridgehead atoms. The van der Waals surface area contributed by atoms with Crippen molar-refractivity contribution < 1.29 is 18.7 Å². The fraction of sp³-hybridized carbons (Fsp3) is 0.269. The Balaban J connectivity index is 1.85. The second-order valence-corrected chi connectivity index (χ2v) is 8.10. The van der Waals surface area contributed by atoms with Crippen LogP contribution in [0.5, 0.6) is 0 Å². The number of pyridine rings is 1. The lowest BCUT2D eigenvalue weighted by molar-refractivity contribution is -0.143. The van der Waals surface area contributed by atoms with Crippen LogP contribution in [0.4, 0.5) is 4.39 Å². The molecule has 5 nitrogen and oxygen atoms in total. The monoisotopic (exact) mass is 434 g/mol. The number of hydrogen-bond acceptors (Lipinski definition) is 5. The molecule has 32 heavy (non-hydrogen) atoms. The number of benzene rings is 2. The van der Waals surface area contributed by atoms with Crippen LogP contribution in [-0.4, -0.2) is 23.3 Å². The molecule has 1 heterocycles. The molecule has 0 unspecified atom stereocenters. The molecule has 3 rings (SSSR count). The topological polar surface area (TPSA) is 82.3 Å². The highest BCUT2D eigenvalue weighted by molar-refractivity contribution is 5.98. The van der Waals surface area contributed by atoms with Crippen molar-refractivity contribution in [2.45, 2.75) is 33.2 Å². The fourth-order valence-corrected chi connectivity index (χ4v) is 3.35.